The van der Waals surface area contributed by atoms with E-state index in [-0.39, 0.29) is 5.91 Å². The van der Waals surface area contributed by atoms with Crippen LogP contribution >= 0.6 is 23.4 Å². The fraction of sp³-hybridized carbons (Fsp3) is 0.455. The molecule has 0 spiro atoms. The molecule has 0 N–H and O–H groups in total. The minimum Gasteiger partial charge on any atom is -0.338 e. The molecule has 2 rings (SSSR count). The largest absolute Gasteiger partial charge is 0.338 e. The van der Waals surface area contributed by atoms with Gasteiger partial charge in [-0.1, -0.05) is 11.6 Å². The maximum absolute atomic E-state index is 12.1. The smallest absolute Gasteiger partial charge is 0.254 e. The lowest BCUT2D eigenvalue weighted by Gasteiger charge is -2.23. The first-order valence-corrected chi connectivity index (χ1v) is 6.68. The third-order valence-corrected chi connectivity index (χ3v) is 4.10. The Bertz CT molecular complexity index is 393. The van der Waals surface area contributed by atoms with Crippen molar-refractivity contribution in [1.29, 1.82) is 0 Å². The minimum absolute atomic E-state index is 0.0248. The first-order valence-electron chi connectivity index (χ1n) is 5.15. The van der Waals surface area contributed by atoms with Crippen LogP contribution in [-0.4, -0.2) is 40.4 Å². The molecule has 1 saturated heterocycles. The molecule has 2 heterocycles. The molecule has 0 aliphatic carbocycles. The van der Waals surface area contributed by atoms with Crippen LogP contribution in [0.4, 0.5) is 0 Å². The van der Waals surface area contributed by atoms with Crippen molar-refractivity contribution in [3.05, 3.63) is 29.0 Å². The summed E-state index contributed by atoms with van der Waals surface area (Å²) in [5.41, 5.74) is 0.611. The SMILES string of the molecule is CN(C(=O)c1ccnc(Cl)c1)C1CCSC1. The van der Waals surface area contributed by atoms with Crippen molar-refractivity contribution >= 4 is 29.3 Å². The van der Waals surface area contributed by atoms with Crippen LogP contribution in [0.5, 0.6) is 0 Å². The molecule has 0 radical (unpaired) electrons. The highest BCUT2D eigenvalue weighted by Gasteiger charge is 2.24. The minimum atomic E-state index is 0.0248. The standard InChI is InChI=1S/C11H13ClN2OS/c1-14(9-3-5-16-7-9)11(15)8-2-4-13-10(12)6-8/h2,4,6,9H,3,5,7H2,1H3. The average Bonchev–Trinajstić information content (AvgIpc) is 2.80. The molecule has 1 unspecified atom stereocenters. The molecule has 0 bridgehead atoms. The number of carbonyl (C=O) groups is 1. The summed E-state index contributed by atoms with van der Waals surface area (Å²) in [5.74, 6) is 2.19. The van der Waals surface area contributed by atoms with Crippen LogP contribution in [0.3, 0.4) is 0 Å². The zero-order valence-electron chi connectivity index (χ0n) is 9.02. The van der Waals surface area contributed by atoms with Gasteiger partial charge in [-0.25, -0.2) is 4.98 Å². The van der Waals surface area contributed by atoms with Gasteiger partial charge in [0.1, 0.15) is 5.15 Å². The zero-order chi connectivity index (χ0) is 11.5. The topological polar surface area (TPSA) is 33.2 Å². The molecule has 86 valence electrons. The van der Waals surface area contributed by atoms with Crippen molar-refractivity contribution in [1.82, 2.24) is 9.88 Å². The van der Waals surface area contributed by atoms with E-state index >= 15 is 0 Å². The van der Waals surface area contributed by atoms with Gasteiger partial charge < -0.3 is 4.90 Å². The van der Waals surface area contributed by atoms with E-state index in [2.05, 4.69) is 4.98 Å². The van der Waals surface area contributed by atoms with Gasteiger partial charge in [-0.3, -0.25) is 4.79 Å². The molecule has 1 aromatic rings. The lowest BCUT2D eigenvalue weighted by molar-refractivity contribution is 0.0747. The van der Waals surface area contributed by atoms with Crippen LogP contribution in [0.25, 0.3) is 0 Å². The molecule has 1 aliphatic rings. The summed E-state index contributed by atoms with van der Waals surface area (Å²) in [6, 6.07) is 3.67. The molecule has 1 fully saturated rings. The van der Waals surface area contributed by atoms with Gasteiger partial charge in [0.05, 0.1) is 0 Å². The van der Waals surface area contributed by atoms with E-state index in [1.807, 2.05) is 23.7 Å². The van der Waals surface area contributed by atoms with Crippen LogP contribution in [-0.2, 0) is 0 Å². The number of amides is 1. The van der Waals surface area contributed by atoms with Gasteiger partial charge in [0.25, 0.3) is 5.91 Å². The highest BCUT2D eigenvalue weighted by molar-refractivity contribution is 7.99. The summed E-state index contributed by atoms with van der Waals surface area (Å²) in [6.07, 6.45) is 2.64. The molecule has 1 aromatic heterocycles. The fourth-order valence-corrected chi connectivity index (χ4v) is 3.17. The van der Waals surface area contributed by atoms with E-state index < -0.39 is 0 Å². The molecule has 1 aliphatic heterocycles. The molecular formula is C11H13ClN2OS. The maximum atomic E-state index is 12.1. The van der Waals surface area contributed by atoms with E-state index in [0.717, 1.165) is 17.9 Å². The van der Waals surface area contributed by atoms with Crippen molar-refractivity contribution in [2.75, 3.05) is 18.6 Å². The summed E-state index contributed by atoms with van der Waals surface area (Å²) in [5, 5.41) is 0.361. The Hall–Kier alpha value is -0.740. The number of carbonyl (C=O) groups excluding carboxylic acids is 1. The first-order chi connectivity index (χ1) is 7.68. The first kappa shape index (κ1) is 11.7. The van der Waals surface area contributed by atoms with E-state index in [0.29, 0.717) is 16.8 Å². The second kappa shape index (κ2) is 5.06. The summed E-state index contributed by atoms with van der Waals surface area (Å²) in [4.78, 5) is 17.8. The lowest BCUT2D eigenvalue weighted by Crippen LogP contribution is -2.36. The molecule has 0 saturated carbocycles. The number of nitrogens with zero attached hydrogens (tertiary/aromatic N) is 2. The third-order valence-electron chi connectivity index (χ3n) is 2.75. The Morgan fingerprint density at radius 3 is 3.12 bits per heavy atom. The summed E-state index contributed by atoms with van der Waals surface area (Å²) >= 11 is 7.66. The maximum Gasteiger partial charge on any atom is 0.254 e. The van der Waals surface area contributed by atoms with Crippen molar-refractivity contribution in [2.24, 2.45) is 0 Å². The average molecular weight is 257 g/mol. The second-order valence-electron chi connectivity index (χ2n) is 3.80. The van der Waals surface area contributed by atoms with Crippen LogP contribution in [0.1, 0.15) is 16.8 Å². The highest BCUT2D eigenvalue weighted by Crippen LogP contribution is 2.22. The van der Waals surface area contributed by atoms with Gasteiger partial charge in [-0.05, 0) is 24.3 Å². The number of rotatable bonds is 2. The molecule has 1 atom stereocenters. The Labute approximate surface area is 104 Å². The Morgan fingerprint density at radius 1 is 1.69 bits per heavy atom. The summed E-state index contributed by atoms with van der Waals surface area (Å²) < 4.78 is 0. The van der Waals surface area contributed by atoms with Crippen LogP contribution in [0, 0.1) is 0 Å². The number of halogens is 1. The fourth-order valence-electron chi connectivity index (χ4n) is 1.73. The predicted molar refractivity (Wildman–Crippen MR) is 67.1 cm³/mol. The van der Waals surface area contributed by atoms with Crippen molar-refractivity contribution < 1.29 is 4.79 Å². The molecule has 1 amide bonds. The van der Waals surface area contributed by atoms with Gasteiger partial charge >= 0.3 is 0 Å². The van der Waals surface area contributed by atoms with Crippen LogP contribution < -0.4 is 0 Å². The molecule has 3 nitrogen and oxygen atoms in total. The van der Waals surface area contributed by atoms with Crippen LogP contribution in [0.2, 0.25) is 5.15 Å². The molecule has 5 heteroatoms. The van der Waals surface area contributed by atoms with Crippen molar-refractivity contribution in [2.45, 2.75) is 12.5 Å². The number of pyridine rings is 1. The Balaban J connectivity index is 2.12. The number of aromatic nitrogens is 1. The number of hydrogen-bond donors (Lipinski definition) is 0. The number of hydrogen-bond acceptors (Lipinski definition) is 3. The zero-order valence-corrected chi connectivity index (χ0v) is 10.6. The summed E-state index contributed by atoms with van der Waals surface area (Å²) in [6.45, 7) is 0. The molecule has 16 heavy (non-hydrogen) atoms. The predicted octanol–water partition coefficient (Wildman–Crippen LogP) is 2.31. The van der Waals surface area contributed by atoms with Gasteiger partial charge in [0.15, 0.2) is 0 Å². The van der Waals surface area contributed by atoms with E-state index in [1.165, 1.54) is 0 Å². The van der Waals surface area contributed by atoms with Gasteiger partial charge in [-0.15, -0.1) is 0 Å². The monoisotopic (exact) mass is 256 g/mol. The normalized spacial score (nSPS) is 19.8. The summed E-state index contributed by atoms with van der Waals surface area (Å²) in [7, 11) is 1.85. The van der Waals surface area contributed by atoms with Gasteiger partial charge in [0, 0.05) is 30.6 Å². The Morgan fingerprint density at radius 2 is 2.50 bits per heavy atom. The van der Waals surface area contributed by atoms with E-state index in [1.54, 1.807) is 18.3 Å². The van der Waals surface area contributed by atoms with Crippen molar-refractivity contribution in [3.63, 3.8) is 0 Å². The van der Waals surface area contributed by atoms with Gasteiger partial charge in [0.2, 0.25) is 0 Å². The number of thioether (sulfide) groups is 1. The Kier molecular flexibility index (Phi) is 3.71. The van der Waals surface area contributed by atoms with Crippen molar-refractivity contribution in [3.8, 4) is 0 Å². The molecule has 0 aromatic carbocycles. The second-order valence-corrected chi connectivity index (χ2v) is 5.34. The highest BCUT2D eigenvalue weighted by atomic mass is 35.5. The van der Waals surface area contributed by atoms with E-state index in [4.69, 9.17) is 11.6 Å². The van der Waals surface area contributed by atoms with E-state index in [9.17, 15) is 4.79 Å². The third kappa shape index (κ3) is 2.50. The molecular weight excluding hydrogens is 244 g/mol. The quantitative estimate of drug-likeness (QED) is 0.762. The van der Waals surface area contributed by atoms with Gasteiger partial charge in [-0.2, -0.15) is 11.8 Å². The lowest BCUT2D eigenvalue weighted by atomic mass is 10.2. The van der Waals surface area contributed by atoms with Crippen LogP contribution in [0.15, 0.2) is 18.3 Å².